The van der Waals surface area contributed by atoms with Crippen molar-refractivity contribution >= 4 is 5.97 Å². The second-order valence-electron chi connectivity index (χ2n) is 5.67. The lowest BCUT2D eigenvalue weighted by Gasteiger charge is -2.33. The third kappa shape index (κ3) is 3.21. The monoisotopic (exact) mass is 227 g/mol. The molecule has 1 fully saturated rings. The summed E-state index contributed by atoms with van der Waals surface area (Å²) in [5.41, 5.74) is -0.577. The number of ether oxygens (including phenoxy) is 1. The second kappa shape index (κ2) is 5.17. The van der Waals surface area contributed by atoms with Gasteiger partial charge in [0.25, 0.3) is 0 Å². The highest BCUT2D eigenvalue weighted by Gasteiger charge is 2.32. The Kier molecular flexibility index (Phi) is 4.36. The van der Waals surface area contributed by atoms with Crippen LogP contribution in [0.3, 0.4) is 0 Å². The molecule has 0 aromatic rings. The van der Waals surface area contributed by atoms with Gasteiger partial charge in [-0.15, -0.1) is 0 Å². The quantitative estimate of drug-likeness (QED) is 0.752. The minimum atomic E-state index is -0.577. The van der Waals surface area contributed by atoms with Gasteiger partial charge in [-0.05, 0) is 52.0 Å². The van der Waals surface area contributed by atoms with Crippen molar-refractivity contribution in [2.24, 2.45) is 11.8 Å². The second-order valence-corrected chi connectivity index (χ2v) is 5.67. The number of carbonyl (C=O) groups is 1. The van der Waals surface area contributed by atoms with Crippen molar-refractivity contribution in [1.29, 1.82) is 0 Å². The topological polar surface area (TPSA) is 38.3 Å². The molecule has 0 spiro atoms. The van der Waals surface area contributed by atoms with E-state index in [1.54, 1.807) is 7.05 Å². The largest absolute Gasteiger partial charge is 0.461 e. The Morgan fingerprint density at radius 2 is 1.88 bits per heavy atom. The number of hydrogen-bond donors (Lipinski definition) is 1. The molecule has 1 saturated carbocycles. The molecule has 0 radical (unpaired) electrons. The van der Waals surface area contributed by atoms with Gasteiger partial charge in [0.2, 0.25) is 0 Å². The fourth-order valence-electron chi connectivity index (χ4n) is 2.01. The molecule has 1 aliphatic rings. The van der Waals surface area contributed by atoms with Crippen LogP contribution >= 0.6 is 0 Å². The third-order valence-electron chi connectivity index (χ3n) is 3.96. The maximum atomic E-state index is 11.9. The molecule has 3 heteroatoms. The van der Waals surface area contributed by atoms with Crippen molar-refractivity contribution in [2.75, 3.05) is 7.05 Å². The van der Waals surface area contributed by atoms with Crippen molar-refractivity contribution in [3.63, 3.8) is 0 Å². The number of hydrogen-bond acceptors (Lipinski definition) is 3. The first kappa shape index (κ1) is 13.5. The molecule has 94 valence electrons. The molecule has 3 unspecified atom stereocenters. The smallest absolute Gasteiger partial charge is 0.326 e. The number of likely N-dealkylation sites (N-methyl/N-ethyl adjacent to an activating group) is 1. The zero-order valence-corrected chi connectivity index (χ0v) is 11.2. The zero-order valence-electron chi connectivity index (χ0n) is 11.2. The van der Waals surface area contributed by atoms with Crippen molar-refractivity contribution in [2.45, 2.75) is 58.6 Å². The molecule has 0 bridgehead atoms. The van der Waals surface area contributed by atoms with Gasteiger partial charge in [0.1, 0.15) is 11.6 Å². The Hall–Kier alpha value is -0.570. The Balaban J connectivity index is 2.47. The summed E-state index contributed by atoms with van der Waals surface area (Å²) in [6.45, 7) is 8.22. The lowest BCUT2D eigenvalue weighted by atomic mass is 9.80. The van der Waals surface area contributed by atoms with Gasteiger partial charge in [-0.3, -0.25) is 4.79 Å². The molecule has 1 aliphatic carbocycles. The Morgan fingerprint density at radius 1 is 1.25 bits per heavy atom. The molecular weight excluding hydrogens is 202 g/mol. The van der Waals surface area contributed by atoms with Gasteiger partial charge < -0.3 is 10.1 Å². The van der Waals surface area contributed by atoms with E-state index in [1.165, 1.54) is 6.42 Å². The van der Waals surface area contributed by atoms with E-state index in [2.05, 4.69) is 19.2 Å². The van der Waals surface area contributed by atoms with Crippen LogP contribution in [-0.4, -0.2) is 24.7 Å². The van der Waals surface area contributed by atoms with Crippen LogP contribution in [0.1, 0.15) is 47.0 Å². The van der Waals surface area contributed by atoms with Gasteiger partial charge in [-0.25, -0.2) is 0 Å². The van der Waals surface area contributed by atoms with Gasteiger partial charge in [-0.1, -0.05) is 13.8 Å². The minimum Gasteiger partial charge on any atom is -0.461 e. The standard InChI is InChI=1S/C13H25NO2/c1-9-6-7-11(8-10(9)2)16-12(15)13(3,4)14-5/h9-11,14H,6-8H2,1-5H3. The fourth-order valence-corrected chi connectivity index (χ4v) is 2.01. The Labute approximate surface area is 98.9 Å². The van der Waals surface area contributed by atoms with E-state index >= 15 is 0 Å². The summed E-state index contributed by atoms with van der Waals surface area (Å²) in [4.78, 5) is 11.9. The SMILES string of the molecule is CNC(C)(C)C(=O)OC1CCC(C)C(C)C1. The number of esters is 1. The average molecular weight is 227 g/mol. The van der Waals surface area contributed by atoms with E-state index in [4.69, 9.17) is 4.74 Å². The van der Waals surface area contributed by atoms with Crippen LogP contribution in [0.5, 0.6) is 0 Å². The molecule has 16 heavy (non-hydrogen) atoms. The van der Waals surface area contributed by atoms with Crippen molar-refractivity contribution in [3.05, 3.63) is 0 Å². The highest BCUT2D eigenvalue weighted by molar-refractivity contribution is 5.79. The molecule has 3 nitrogen and oxygen atoms in total. The van der Waals surface area contributed by atoms with Crippen molar-refractivity contribution < 1.29 is 9.53 Å². The van der Waals surface area contributed by atoms with Crippen LogP contribution in [0.4, 0.5) is 0 Å². The van der Waals surface area contributed by atoms with Gasteiger partial charge in [-0.2, -0.15) is 0 Å². The summed E-state index contributed by atoms with van der Waals surface area (Å²) in [6, 6.07) is 0. The first-order valence-electron chi connectivity index (χ1n) is 6.26. The predicted molar refractivity (Wildman–Crippen MR) is 65.2 cm³/mol. The predicted octanol–water partition coefficient (Wildman–Crippen LogP) is 2.35. The molecule has 3 atom stereocenters. The first-order chi connectivity index (χ1) is 7.36. The number of carbonyl (C=O) groups excluding carboxylic acids is 1. The third-order valence-corrected chi connectivity index (χ3v) is 3.96. The molecule has 1 N–H and O–H groups in total. The molecule has 1 rings (SSSR count). The van der Waals surface area contributed by atoms with Crippen LogP contribution < -0.4 is 5.32 Å². The Bertz CT molecular complexity index is 250. The van der Waals surface area contributed by atoms with E-state index in [1.807, 2.05) is 13.8 Å². The molecule has 0 aromatic heterocycles. The van der Waals surface area contributed by atoms with E-state index in [0.29, 0.717) is 5.92 Å². The van der Waals surface area contributed by atoms with Crippen molar-refractivity contribution in [1.82, 2.24) is 5.32 Å². The van der Waals surface area contributed by atoms with Crippen LogP contribution in [0.2, 0.25) is 0 Å². The zero-order chi connectivity index (χ0) is 12.3. The van der Waals surface area contributed by atoms with Crippen molar-refractivity contribution in [3.8, 4) is 0 Å². The minimum absolute atomic E-state index is 0.117. The lowest BCUT2D eigenvalue weighted by Crippen LogP contribution is -2.47. The van der Waals surface area contributed by atoms with E-state index < -0.39 is 5.54 Å². The summed E-state index contributed by atoms with van der Waals surface area (Å²) in [6.07, 6.45) is 3.30. The van der Waals surface area contributed by atoms with Crippen LogP contribution in [-0.2, 0) is 9.53 Å². The highest BCUT2D eigenvalue weighted by Crippen LogP contribution is 2.31. The average Bonchev–Trinajstić information content (AvgIpc) is 2.23. The summed E-state index contributed by atoms with van der Waals surface area (Å²) >= 11 is 0. The highest BCUT2D eigenvalue weighted by atomic mass is 16.5. The van der Waals surface area contributed by atoms with Gasteiger partial charge in [0, 0.05) is 0 Å². The van der Waals surface area contributed by atoms with Gasteiger partial charge in [0.15, 0.2) is 0 Å². The summed E-state index contributed by atoms with van der Waals surface area (Å²) in [5.74, 6) is 1.28. The molecule has 0 amide bonds. The van der Waals surface area contributed by atoms with E-state index in [0.717, 1.165) is 18.8 Å². The maximum Gasteiger partial charge on any atom is 0.326 e. The number of rotatable bonds is 3. The summed E-state index contributed by atoms with van der Waals surface area (Å²) in [5, 5.41) is 2.98. The Morgan fingerprint density at radius 3 is 2.38 bits per heavy atom. The molecule has 0 aliphatic heterocycles. The molecular formula is C13H25NO2. The summed E-state index contributed by atoms with van der Waals surface area (Å²) in [7, 11) is 1.78. The van der Waals surface area contributed by atoms with Gasteiger partial charge in [0.05, 0.1) is 0 Å². The molecule has 0 aromatic carbocycles. The van der Waals surface area contributed by atoms with Crippen LogP contribution in [0.25, 0.3) is 0 Å². The number of nitrogens with one attached hydrogen (secondary N) is 1. The maximum absolute atomic E-state index is 11.9. The van der Waals surface area contributed by atoms with Gasteiger partial charge >= 0.3 is 5.97 Å². The fraction of sp³-hybridized carbons (Fsp3) is 0.923. The summed E-state index contributed by atoms with van der Waals surface area (Å²) < 4.78 is 5.56. The normalized spacial score (nSPS) is 31.2. The molecule has 0 heterocycles. The molecule has 0 saturated heterocycles. The van der Waals surface area contributed by atoms with E-state index in [-0.39, 0.29) is 12.1 Å². The van der Waals surface area contributed by atoms with E-state index in [9.17, 15) is 4.79 Å². The lowest BCUT2D eigenvalue weighted by molar-refractivity contribution is -0.158. The first-order valence-corrected chi connectivity index (χ1v) is 6.26. The van der Waals surface area contributed by atoms with Crippen LogP contribution in [0.15, 0.2) is 0 Å². The van der Waals surface area contributed by atoms with Crippen LogP contribution in [0, 0.1) is 11.8 Å².